The number of hydrogen-bond acceptors (Lipinski definition) is 4. The number of benzene rings is 2. The number of rotatable bonds is 4. The first-order chi connectivity index (χ1) is 10.2. The van der Waals surface area contributed by atoms with Gasteiger partial charge in [0.25, 0.3) is 0 Å². The Bertz CT molecular complexity index is 728. The summed E-state index contributed by atoms with van der Waals surface area (Å²) < 4.78 is 14.9. The topological polar surface area (TPSA) is 55.6 Å². The van der Waals surface area contributed by atoms with Crippen LogP contribution in [0.1, 0.15) is 5.56 Å². The van der Waals surface area contributed by atoms with Crippen molar-refractivity contribution in [2.24, 2.45) is 0 Å². The summed E-state index contributed by atoms with van der Waals surface area (Å²) in [5, 5.41) is 14.3. The number of nitrogens with one attached hydrogen (secondary N) is 1. The van der Waals surface area contributed by atoms with Crippen LogP contribution in [0.25, 0.3) is 5.69 Å². The van der Waals surface area contributed by atoms with E-state index >= 15 is 0 Å². The summed E-state index contributed by atoms with van der Waals surface area (Å²) in [5.74, 6) is -0.412. The van der Waals surface area contributed by atoms with E-state index in [1.54, 1.807) is 16.8 Å². The molecule has 0 spiro atoms. The van der Waals surface area contributed by atoms with Gasteiger partial charge in [0.1, 0.15) is 12.1 Å². The van der Waals surface area contributed by atoms with Crippen molar-refractivity contribution in [2.75, 3.05) is 5.32 Å². The fourth-order valence-electron chi connectivity index (χ4n) is 1.87. The van der Waals surface area contributed by atoms with Gasteiger partial charge in [0.15, 0.2) is 0 Å². The maximum Gasteiger partial charge on any atom is 0.143 e. The lowest BCUT2D eigenvalue weighted by Gasteiger charge is -2.08. The van der Waals surface area contributed by atoms with Crippen LogP contribution in [0.15, 0.2) is 48.8 Å². The molecule has 7 heteroatoms. The molecule has 0 saturated heterocycles. The molecule has 1 N–H and O–H groups in total. The predicted octanol–water partition coefficient (Wildman–Crippen LogP) is 3.07. The van der Waals surface area contributed by atoms with Crippen LogP contribution >= 0.6 is 11.6 Å². The Morgan fingerprint density at radius 3 is 2.62 bits per heavy atom. The fraction of sp³-hybridized carbons (Fsp3) is 0.0714. The molecule has 2 aromatic carbocycles. The summed E-state index contributed by atoms with van der Waals surface area (Å²) in [4.78, 5) is 0. The van der Waals surface area contributed by atoms with E-state index in [-0.39, 0.29) is 5.02 Å². The maximum atomic E-state index is 13.3. The van der Waals surface area contributed by atoms with Gasteiger partial charge in [0.2, 0.25) is 0 Å². The number of tetrazole rings is 1. The largest absolute Gasteiger partial charge is 0.381 e. The molecule has 0 bridgehead atoms. The molecule has 0 amide bonds. The van der Waals surface area contributed by atoms with Crippen molar-refractivity contribution in [3.05, 3.63) is 65.2 Å². The van der Waals surface area contributed by atoms with Crippen LogP contribution in [0, 0.1) is 5.82 Å². The van der Waals surface area contributed by atoms with E-state index in [1.165, 1.54) is 12.4 Å². The normalized spacial score (nSPS) is 10.6. The number of hydrogen-bond donors (Lipinski definition) is 1. The van der Waals surface area contributed by atoms with Gasteiger partial charge >= 0.3 is 0 Å². The lowest BCUT2D eigenvalue weighted by molar-refractivity contribution is 0.626. The van der Waals surface area contributed by atoms with Crippen LogP contribution in [-0.4, -0.2) is 20.2 Å². The molecule has 0 atom stereocenters. The van der Waals surface area contributed by atoms with Crippen molar-refractivity contribution in [3.8, 4) is 5.69 Å². The molecule has 0 saturated carbocycles. The predicted molar refractivity (Wildman–Crippen MR) is 77.9 cm³/mol. The number of anilines is 1. The summed E-state index contributed by atoms with van der Waals surface area (Å²) in [6.45, 7) is 0.512. The van der Waals surface area contributed by atoms with Gasteiger partial charge in [-0.15, -0.1) is 5.10 Å². The molecule has 21 heavy (non-hydrogen) atoms. The van der Waals surface area contributed by atoms with Crippen molar-refractivity contribution in [3.63, 3.8) is 0 Å². The highest BCUT2D eigenvalue weighted by Crippen LogP contribution is 2.17. The molecular formula is C14H11ClFN5. The molecule has 3 rings (SSSR count). The molecule has 0 aliphatic carbocycles. The molecule has 0 fully saturated rings. The van der Waals surface area contributed by atoms with Gasteiger partial charge < -0.3 is 5.32 Å². The van der Waals surface area contributed by atoms with Crippen LogP contribution in [0.4, 0.5) is 10.1 Å². The minimum absolute atomic E-state index is 0.129. The summed E-state index contributed by atoms with van der Waals surface area (Å²) >= 11 is 5.65. The van der Waals surface area contributed by atoms with Gasteiger partial charge in [0, 0.05) is 12.2 Å². The number of nitrogens with zero attached hydrogens (tertiary/aromatic N) is 4. The zero-order valence-corrected chi connectivity index (χ0v) is 11.6. The number of aromatic nitrogens is 4. The highest BCUT2D eigenvalue weighted by molar-refractivity contribution is 6.30. The van der Waals surface area contributed by atoms with Crippen LogP contribution in [0.5, 0.6) is 0 Å². The van der Waals surface area contributed by atoms with Gasteiger partial charge in [-0.1, -0.05) is 17.7 Å². The van der Waals surface area contributed by atoms with E-state index < -0.39 is 5.82 Å². The van der Waals surface area contributed by atoms with Gasteiger partial charge in [-0.3, -0.25) is 0 Å². The summed E-state index contributed by atoms with van der Waals surface area (Å²) in [6.07, 6.45) is 1.53. The van der Waals surface area contributed by atoms with Crippen molar-refractivity contribution < 1.29 is 4.39 Å². The van der Waals surface area contributed by atoms with Crippen LogP contribution < -0.4 is 5.32 Å². The van der Waals surface area contributed by atoms with Gasteiger partial charge in [-0.05, 0) is 52.4 Å². The first-order valence-corrected chi connectivity index (χ1v) is 6.61. The second-order valence-electron chi connectivity index (χ2n) is 4.40. The van der Waals surface area contributed by atoms with E-state index in [0.29, 0.717) is 6.54 Å². The van der Waals surface area contributed by atoms with E-state index in [1.807, 2.05) is 24.3 Å². The third-order valence-electron chi connectivity index (χ3n) is 2.96. The van der Waals surface area contributed by atoms with Crippen molar-refractivity contribution >= 4 is 17.3 Å². The average Bonchev–Trinajstić information content (AvgIpc) is 3.03. The smallest absolute Gasteiger partial charge is 0.143 e. The Balaban J connectivity index is 1.66. The van der Waals surface area contributed by atoms with E-state index in [0.717, 1.165) is 16.9 Å². The summed E-state index contributed by atoms with van der Waals surface area (Å²) in [7, 11) is 0. The lowest BCUT2D eigenvalue weighted by Crippen LogP contribution is -2.01. The van der Waals surface area contributed by atoms with E-state index in [2.05, 4.69) is 20.8 Å². The quantitative estimate of drug-likeness (QED) is 0.805. The zero-order chi connectivity index (χ0) is 14.7. The molecule has 3 aromatic rings. The first kappa shape index (κ1) is 13.5. The Hall–Kier alpha value is -2.47. The third-order valence-corrected chi connectivity index (χ3v) is 3.27. The second kappa shape index (κ2) is 5.88. The summed E-state index contributed by atoms with van der Waals surface area (Å²) in [6, 6.07) is 12.3. The Morgan fingerprint density at radius 2 is 1.95 bits per heavy atom. The Labute approximate surface area is 125 Å². The minimum Gasteiger partial charge on any atom is -0.381 e. The minimum atomic E-state index is -0.412. The molecule has 1 heterocycles. The highest BCUT2D eigenvalue weighted by atomic mass is 35.5. The lowest BCUT2D eigenvalue weighted by atomic mass is 10.2. The van der Waals surface area contributed by atoms with E-state index in [9.17, 15) is 4.39 Å². The molecule has 106 valence electrons. The van der Waals surface area contributed by atoms with Crippen molar-refractivity contribution in [1.82, 2.24) is 20.2 Å². The van der Waals surface area contributed by atoms with Crippen molar-refractivity contribution in [2.45, 2.75) is 6.54 Å². The molecular weight excluding hydrogens is 293 g/mol. The maximum absolute atomic E-state index is 13.3. The summed E-state index contributed by atoms with van der Waals surface area (Å²) in [5.41, 5.74) is 2.60. The Kier molecular flexibility index (Phi) is 3.79. The monoisotopic (exact) mass is 303 g/mol. The SMILES string of the molecule is Fc1cc(CNc2ccc(-n3cnnn3)cc2)ccc1Cl. The molecule has 0 radical (unpaired) electrons. The molecule has 0 unspecified atom stereocenters. The zero-order valence-electron chi connectivity index (χ0n) is 10.9. The van der Waals surface area contributed by atoms with Crippen LogP contribution in [0.3, 0.4) is 0 Å². The van der Waals surface area contributed by atoms with Gasteiger partial charge in [0.05, 0.1) is 10.7 Å². The molecule has 1 aromatic heterocycles. The third kappa shape index (κ3) is 3.17. The van der Waals surface area contributed by atoms with Crippen molar-refractivity contribution in [1.29, 1.82) is 0 Å². The second-order valence-corrected chi connectivity index (χ2v) is 4.81. The average molecular weight is 304 g/mol. The first-order valence-electron chi connectivity index (χ1n) is 6.23. The molecule has 5 nitrogen and oxygen atoms in total. The van der Waals surface area contributed by atoms with Crippen LogP contribution in [-0.2, 0) is 6.54 Å². The number of halogens is 2. The van der Waals surface area contributed by atoms with E-state index in [4.69, 9.17) is 11.6 Å². The Morgan fingerprint density at radius 1 is 1.14 bits per heavy atom. The standard InChI is InChI=1S/C14H11ClFN5/c15-13-6-1-10(7-14(13)16)8-17-11-2-4-12(5-3-11)21-9-18-19-20-21/h1-7,9,17H,8H2. The molecule has 0 aliphatic rings. The molecule has 0 aliphatic heterocycles. The van der Waals surface area contributed by atoms with Gasteiger partial charge in [-0.25, -0.2) is 9.07 Å². The highest BCUT2D eigenvalue weighted by Gasteiger charge is 2.02. The fourth-order valence-corrected chi connectivity index (χ4v) is 1.98. The van der Waals surface area contributed by atoms with Gasteiger partial charge in [-0.2, -0.15) is 0 Å². The van der Waals surface area contributed by atoms with Crippen LogP contribution in [0.2, 0.25) is 5.02 Å².